The number of pyridine rings is 1. The van der Waals surface area contributed by atoms with Crippen LogP contribution in [0.15, 0.2) is 24.7 Å². The van der Waals surface area contributed by atoms with E-state index < -0.39 is 0 Å². The second kappa shape index (κ2) is 7.78. The molecular weight excluding hydrogens is 330 g/mol. The van der Waals surface area contributed by atoms with Crippen molar-refractivity contribution in [3.8, 4) is 17.2 Å². The number of amides is 1. The maximum Gasteiger partial charge on any atom is 0.236 e. The van der Waals surface area contributed by atoms with Crippen LogP contribution >= 0.6 is 0 Å². The summed E-state index contributed by atoms with van der Waals surface area (Å²) in [7, 11) is 0. The third-order valence-corrected chi connectivity index (χ3v) is 4.48. The van der Waals surface area contributed by atoms with Crippen LogP contribution in [0.4, 0.5) is 11.6 Å². The molecule has 0 bridgehead atoms. The number of carbonyl (C=O) groups is 1. The predicted molar refractivity (Wildman–Crippen MR) is 98.1 cm³/mol. The summed E-state index contributed by atoms with van der Waals surface area (Å²) in [6.07, 6.45) is 4.02. The second-order valence-corrected chi connectivity index (χ2v) is 6.05. The molecule has 1 amide bonds. The number of hydrogen-bond acceptors (Lipinski definition) is 7. The summed E-state index contributed by atoms with van der Waals surface area (Å²) >= 11 is 0. The summed E-state index contributed by atoms with van der Waals surface area (Å²) in [4.78, 5) is 28.9. The first kappa shape index (κ1) is 17.6. The Balaban J connectivity index is 1.88. The molecule has 1 aliphatic heterocycles. The minimum atomic E-state index is -0.118. The highest BCUT2D eigenvalue weighted by Gasteiger charge is 2.25. The highest BCUT2D eigenvalue weighted by atomic mass is 16.2. The van der Waals surface area contributed by atoms with Crippen molar-refractivity contribution in [2.45, 2.75) is 19.8 Å². The molecule has 3 heterocycles. The fourth-order valence-corrected chi connectivity index (χ4v) is 3.12. The molecule has 0 aliphatic carbocycles. The van der Waals surface area contributed by atoms with Crippen LogP contribution in [0.5, 0.6) is 0 Å². The largest absolute Gasteiger partial charge is 0.384 e. The molecule has 1 aliphatic rings. The Bertz CT molecular complexity index is 820. The quantitative estimate of drug-likeness (QED) is 0.882. The Morgan fingerprint density at radius 2 is 2.00 bits per heavy atom. The van der Waals surface area contributed by atoms with E-state index in [2.05, 4.69) is 26.8 Å². The van der Waals surface area contributed by atoms with Gasteiger partial charge in [0, 0.05) is 43.5 Å². The fourth-order valence-electron chi connectivity index (χ4n) is 3.12. The van der Waals surface area contributed by atoms with Crippen molar-refractivity contribution in [2.24, 2.45) is 0 Å². The smallest absolute Gasteiger partial charge is 0.236 e. The Hall–Kier alpha value is -3.21. The molecule has 0 spiro atoms. The topological polar surface area (TPSA) is 112 Å². The lowest BCUT2D eigenvalue weighted by Gasteiger charge is -2.36. The maximum atomic E-state index is 11.9. The van der Waals surface area contributed by atoms with E-state index in [0.29, 0.717) is 32.0 Å². The zero-order chi connectivity index (χ0) is 18.5. The highest BCUT2D eigenvalue weighted by molar-refractivity contribution is 5.80. The van der Waals surface area contributed by atoms with Gasteiger partial charge in [0.25, 0.3) is 0 Å². The lowest BCUT2D eigenvalue weighted by Crippen LogP contribution is -2.49. The van der Waals surface area contributed by atoms with Crippen LogP contribution in [0, 0.1) is 11.3 Å². The number of anilines is 2. The molecule has 3 rings (SSSR count). The standard InChI is InChI=1S/C18H21N7O/c1-2-14-17(13-3-4-15(20)21-11-13)18(23-12-22-14)25-9-7-24(8-10-25)16(26)5-6-19/h3-4,11-12H,2,5,7-10H2,1H3,(H2,20,21). The van der Waals surface area contributed by atoms with E-state index >= 15 is 0 Å². The monoisotopic (exact) mass is 351 g/mol. The van der Waals surface area contributed by atoms with Crippen molar-refractivity contribution in [1.82, 2.24) is 19.9 Å². The lowest BCUT2D eigenvalue weighted by molar-refractivity contribution is -0.130. The summed E-state index contributed by atoms with van der Waals surface area (Å²) in [6, 6.07) is 5.61. The van der Waals surface area contributed by atoms with Crippen LogP contribution in [0.25, 0.3) is 11.1 Å². The molecule has 0 radical (unpaired) electrons. The van der Waals surface area contributed by atoms with Gasteiger partial charge in [-0.25, -0.2) is 15.0 Å². The molecular formula is C18H21N7O. The highest BCUT2D eigenvalue weighted by Crippen LogP contribution is 2.32. The molecule has 0 saturated carbocycles. The molecule has 8 nitrogen and oxygen atoms in total. The van der Waals surface area contributed by atoms with Gasteiger partial charge in [-0.15, -0.1) is 0 Å². The molecule has 1 saturated heterocycles. The van der Waals surface area contributed by atoms with Gasteiger partial charge in [-0.2, -0.15) is 5.26 Å². The summed E-state index contributed by atoms with van der Waals surface area (Å²) < 4.78 is 0. The van der Waals surface area contributed by atoms with Crippen molar-refractivity contribution in [2.75, 3.05) is 36.8 Å². The van der Waals surface area contributed by atoms with Gasteiger partial charge in [0.2, 0.25) is 5.91 Å². The van der Waals surface area contributed by atoms with Crippen LogP contribution < -0.4 is 10.6 Å². The Kier molecular flexibility index (Phi) is 5.27. The zero-order valence-electron chi connectivity index (χ0n) is 14.7. The van der Waals surface area contributed by atoms with Gasteiger partial charge in [-0.1, -0.05) is 6.92 Å². The van der Waals surface area contributed by atoms with Crippen LogP contribution in [-0.4, -0.2) is 51.9 Å². The Morgan fingerprint density at radius 1 is 1.23 bits per heavy atom. The van der Waals surface area contributed by atoms with Crippen LogP contribution in [0.3, 0.4) is 0 Å². The number of aromatic nitrogens is 3. The molecule has 1 fully saturated rings. The first-order valence-electron chi connectivity index (χ1n) is 8.59. The number of rotatable bonds is 4. The average Bonchev–Trinajstić information content (AvgIpc) is 2.68. The SMILES string of the molecule is CCc1ncnc(N2CCN(C(=O)CC#N)CC2)c1-c1ccc(N)nc1. The van der Waals surface area contributed by atoms with Gasteiger partial charge in [0.15, 0.2) is 0 Å². The molecule has 2 aromatic heterocycles. The minimum absolute atomic E-state index is 0.0736. The molecule has 0 unspecified atom stereocenters. The first-order valence-corrected chi connectivity index (χ1v) is 8.59. The number of carbonyl (C=O) groups excluding carboxylic acids is 1. The molecule has 2 aromatic rings. The number of aryl methyl sites for hydroxylation is 1. The number of hydrogen-bond donors (Lipinski definition) is 1. The third-order valence-electron chi connectivity index (χ3n) is 4.48. The van der Waals surface area contributed by atoms with Crippen LogP contribution in [-0.2, 0) is 11.2 Å². The van der Waals surface area contributed by atoms with Gasteiger partial charge in [0.05, 0.1) is 11.8 Å². The Morgan fingerprint density at radius 3 is 2.62 bits per heavy atom. The maximum absolute atomic E-state index is 11.9. The number of nitriles is 1. The second-order valence-electron chi connectivity index (χ2n) is 6.05. The molecule has 0 atom stereocenters. The van der Waals surface area contributed by atoms with Gasteiger partial charge in [-0.3, -0.25) is 4.79 Å². The lowest BCUT2D eigenvalue weighted by atomic mass is 10.0. The molecule has 2 N–H and O–H groups in total. The molecule has 0 aromatic carbocycles. The van der Waals surface area contributed by atoms with E-state index in [1.165, 1.54) is 0 Å². The van der Waals surface area contributed by atoms with E-state index in [4.69, 9.17) is 11.0 Å². The van der Waals surface area contributed by atoms with E-state index in [-0.39, 0.29) is 12.3 Å². The minimum Gasteiger partial charge on any atom is -0.384 e. The van der Waals surface area contributed by atoms with Crippen LogP contribution in [0.1, 0.15) is 19.0 Å². The average molecular weight is 351 g/mol. The number of nitrogens with two attached hydrogens (primary N) is 1. The van der Waals surface area contributed by atoms with Crippen molar-refractivity contribution in [3.05, 3.63) is 30.4 Å². The fraction of sp³-hybridized carbons (Fsp3) is 0.389. The first-order chi connectivity index (χ1) is 12.6. The molecule has 26 heavy (non-hydrogen) atoms. The molecule has 8 heteroatoms. The Labute approximate surface area is 152 Å². The van der Waals surface area contributed by atoms with Gasteiger partial charge in [-0.05, 0) is 18.6 Å². The van der Waals surface area contributed by atoms with E-state index in [1.54, 1.807) is 23.5 Å². The van der Waals surface area contributed by atoms with Crippen LogP contribution in [0.2, 0.25) is 0 Å². The zero-order valence-corrected chi connectivity index (χ0v) is 14.7. The summed E-state index contributed by atoms with van der Waals surface area (Å²) in [5.74, 6) is 1.19. The third kappa shape index (κ3) is 3.57. The summed E-state index contributed by atoms with van der Waals surface area (Å²) in [6.45, 7) is 4.52. The normalized spacial score (nSPS) is 14.2. The van der Waals surface area contributed by atoms with Crippen molar-refractivity contribution in [3.63, 3.8) is 0 Å². The number of nitrogen functional groups attached to an aromatic ring is 1. The summed E-state index contributed by atoms with van der Waals surface area (Å²) in [5.41, 5.74) is 8.54. The van der Waals surface area contributed by atoms with Crippen molar-refractivity contribution in [1.29, 1.82) is 5.26 Å². The van der Waals surface area contributed by atoms with Crippen molar-refractivity contribution >= 4 is 17.5 Å². The van der Waals surface area contributed by atoms with E-state index in [0.717, 1.165) is 29.1 Å². The van der Waals surface area contributed by atoms with Gasteiger partial charge < -0.3 is 15.5 Å². The van der Waals surface area contributed by atoms with Crippen molar-refractivity contribution < 1.29 is 4.79 Å². The van der Waals surface area contributed by atoms with E-state index in [1.807, 2.05) is 12.1 Å². The van der Waals surface area contributed by atoms with E-state index in [9.17, 15) is 4.79 Å². The van der Waals surface area contributed by atoms with Gasteiger partial charge in [0.1, 0.15) is 24.4 Å². The number of nitrogens with zero attached hydrogens (tertiary/aromatic N) is 6. The molecule has 134 valence electrons. The summed E-state index contributed by atoms with van der Waals surface area (Å²) in [5, 5.41) is 8.70. The number of piperazine rings is 1. The predicted octanol–water partition coefficient (Wildman–Crippen LogP) is 1.25. The van der Waals surface area contributed by atoms with Gasteiger partial charge >= 0.3 is 0 Å².